The first-order chi connectivity index (χ1) is 32.1. The van der Waals surface area contributed by atoms with Crippen LogP contribution in [0.5, 0.6) is 0 Å². The molecule has 0 amide bonds. The molecule has 0 aliphatic heterocycles. The van der Waals surface area contributed by atoms with Crippen LogP contribution in [0.1, 0.15) is 29.8 Å². The van der Waals surface area contributed by atoms with Crippen molar-refractivity contribution in [3.05, 3.63) is 247 Å². The molecule has 10 aromatic carbocycles. The third-order valence-corrected chi connectivity index (χ3v) is 13.1. The van der Waals surface area contributed by atoms with Crippen LogP contribution < -0.4 is 10.7 Å². The molecule has 1 unspecified atom stereocenters. The number of aromatic nitrogens is 2. The van der Waals surface area contributed by atoms with Gasteiger partial charge in [-0.05, 0) is 89.0 Å². The molecule has 0 spiro atoms. The average molecular weight is 834 g/mol. The van der Waals surface area contributed by atoms with Gasteiger partial charge in [0.2, 0.25) is 11.9 Å². The van der Waals surface area contributed by atoms with Gasteiger partial charge >= 0.3 is 0 Å². The number of nitrogens with two attached hydrogens (primary N) is 1. The highest BCUT2D eigenvalue weighted by Crippen LogP contribution is 2.40. The summed E-state index contributed by atoms with van der Waals surface area (Å²) in [4.78, 5) is 3.86. The lowest BCUT2D eigenvalue weighted by Gasteiger charge is -2.16. The van der Waals surface area contributed by atoms with Gasteiger partial charge < -0.3 is 9.13 Å². The first kappa shape index (κ1) is 38.4. The van der Waals surface area contributed by atoms with E-state index in [1.165, 1.54) is 49.0 Å². The van der Waals surface area contributed by atoms with E-state index in [9.17, 15) is 0 Å². The predicted molar refractivity (Wildman–Crippen MR) is 274 cm³/mol. The molecule has 308 valence electrons. The minimum atomic E-state index is -0.489. The van der Waals surface area contributed by atoms with E-state index in [1.807, 2.05) is 6.07 Å². The van der Waals surface area contributed by atoms with Gasteiger partial charge in [0.05, 0.1) is 39.0 Å². The molecule has 2 aromatic heterocycles. The van der Waals surface area contributed by atoms with E-state index >= 15 is 0 Å². The molecule has 0 aliphatic carbocycles. The van der Waals surface area contributed by atoms with Crippen LogP contribution in [0.4, 0.5) is 0 Å². The van der Waals surface area contributed by atoms with Crippen LogP contribution in [0.3, 0.4) is 0 Å². The van der Waals surface area contributed by atoms with Gasteiger partial charge in [-0.15, -0.1) is 0 Å². The molecule has 0 bridgehead atoms. The summed E-state index contributed by atoms with van der Waals surface area (Å²) in [7, 11) is 0. The Morgan fingerprint density at radius 3 is 1.68 bits per heavy atom. The zero-order chi connectivity index (χ0) is 43.4. The lowest BCUT2D eigenvalue weighted by Crippen LogP contribution is -2.77. The summed E-state index contributed by atoms with van der Waals surface area (Å²) in [5.41, 5.74) is 21.8. The standard InChI is InChI=1S/C61H44N4/c1-40(37-41-19-4-2-5-20-41)60(63-61(62)51-28-9-8-24-44(51)42-21-6-3-7-22-42)50-31-17-30-46-45(50)29-18-36-57(46)65-56-34-15-12-27-49(56)53-39-52-43(38-59(53)65)23-16-35-58(52)64-54-32-13-10-25-47(54)48-26-11-14-33-55(48)64/h2-39,61H,62H2,1H3/p+1/b40-37+,63-60?. The van der Waals surface area contributed by atoms with Crippen LogP contribution in [-0.4, -0.2) is 14.8 Å². The number of benzene rings is 10. The van der Waals surface area contributed by atoms with Crippen LogP contribution in [0.2, 0.25) is 0 Å². The van der Waals surface area contributed by atoms with E-state index in [2.05, 4.69) is 246 Å². The maximum atomic E-state index is 7.25. The zero-order valence-corrected chi connectivity index (χ0v) is 36.0. The Morgan fingerprint density at radius 1 is 0.446 bits per heavy atom. The number of nitrogens with zero attached hydrogens (tertiary/aromatic N) is 2. The number of hydrogen-bond acceptors (Lipinski definition) is 1. The Kier molecular flexibility index (Phi) is 9.32. The van der Waals surface area contributed by atoms with Gasteiger partial charge in [-0.2, -0.15) is 0 Å². The lowest BCUT2D eigenvalue weighted by atomic mass is 9.94. The van der Waals surface area contributed by atoms with Crippen LogP contribution in [0.25, 0.3) is 93.7 Å². The largest absolute Gasteiger partial charge is 0.309 e. The van der Waals surface area contributed by atoms with Crippen molar-refractivity contribution < 1.29 is 4.99 Å². The summed E-state index contributed by atoms with van der Waals surface area (Å²) < 4.78 is 4.90. The molecule has 0 saturated carbocycles. The van der Waals surface area contributed by atoms with Gasteiger partial charge in [-0.1, -0.05) is 176 Å². The second-order valence-corrected chi connectivity index (χ2v) is 17.0. The average Bonchev–Trinajstić information content (AvgIpc) is 3.87. The second kappa shape index (κ2) is 15.8. The number of fused-ring (bicyclic) bond motifs is 8. The van der Waals surface area contributed by atoms with E-state index in [0.717, 1.165) is 66.6 Å². The first-order valence-electron chi connectivity index (χ1n) is 22.3. The Hall–Kier alpha value is -8.31. The normalized spacial score (nSPS) is 12.9. The third kappa shape index (κ3) is 6.46. The fourth-order valence-electron chi connectivity index (χ4n) is 10.2. The van der Waals surface area contributed by atoms with Gasteiger partial charge in [0, 0.05) is 43.5 Å². The second-order valence-electron chi connectivity index (χ2n) is 17.0. The number of nitrogens with one attached hydrogen (secondary N) is 1. The van der Waals surface area contributed by atoms with Crippen molar-refractivity contribution in [1.29, 1.82) is 0 Å². The quantitative estimate of drug-likeness (QED) is 0.116. The summed E-state index contributed by atoms with van der Waals surface area (Å²) >= 11 is 0. The van der Waals surface area contributed by atoms with E-state index in [-0.39, 0.29) is 0 Å². The van der Waals surface area contributed by atoms with Crippen molar-refractivity contribution >= 4 is 76.9 Å². The Morgan fingerprint density at radius 2 is 0.969 bits per heavy atom. The summed E-state index contributed by atoms with van der Waals surface area (Å²) in [6, 6.07) is 80.7. The van der Waals surface area contributed by atoms with Crippen LogP contribution in [-0.2, 0) is 0 Å². The fourth-order valence-corrected chi connectivity index (χ4v) is 10.2. The van der Waals surface area contributed by atoms with Gasteiger partial charge in [-0.25, -0.2) is 4.99 Å². The highest BCUT2D eigenvalue weighted by molar-refractivity contribution is 6.20. The molecular formula is C61H45N4+. The highest BCUT2D eigenvalue weighted by atomic mass is 15.0. The minimum absolute atomic E-state index is 0.489. The van der Waals surface area contributed by atoms with Crippen LogP contribution in [0, 0.1) is 0 Å². The molecule has 0 radical (unpaired) electrons. The fraction of sp³-hybridized carbons (Fsp3) is 0.0328. The number of hydrogen-bond donors (Lipinski definition) is 2. The van der Waals surface area contributed by atoms with Crippen molar-refractivity contribution in [3.63, 3.8) is 0 Å². The van der Waals surface area contributed by atoms with Crippen LogP contribution >= 0.6 is 0 Å². The smallest absolute Gasteiger partial charge is 0.229 e. The molecular weight excluding hydrogens is 789 g/mol. The number of allylic oxidation sites excluding steroid dienone is 1. The van der Waals surface area contributed by atoms with Gasteiger partial charge in [-0.3, -0.25) is 5.73 Å². The summed E-state index contributed by atoms with van der Waals surface area (Å²) in [6.07, 6.45) is 1.75. The first-order valence-corrected chi connectivity index (χ1v) is 22.3. The molecule has 0 aliphatic rings. The van der Waals surface area contributed by atoms with Crippen molar-refractivity contribution in [2.45, 2.75) is 13.1 Å². The molecule has 1 atom stereocenters. The molecule has 4 nitrogen and oxygen atoms in total. The Labute approximate surface area is 377 Å². The van der Waals surface area contributed by atoms with Crippen molar-refractivity contribution in [2.75, 3.05) is 0 Å². The van der Waals surface area contributed by atoms with E-state index in [1.54, 1.807) is 0 Å². The minimum Gasteiger partial charge on any atom is -0.309 e. The molecule has 3 N–H and O–H groups in total. The number of para-hydroxylation sites is 3. The summed E-state index contributed by atoms with van der Waals surface area (Å²) in [6.45, 7) is 2.18. The van der Waals surface area contributed by atoms with Crippen LogP contribution in [0.15, 0.2) is 230 Å². The van der Waals surface area contributed by atoms with Gasteiger partial charge in [0.1, 0.15) is 0 Å². The molecule has 0 saturated heterocycles. The molecule has 65 heavy (non-hydrogen) atoms. The molecule has 12 aromatic rings. The monoisotopic (exact) mass is 833 g/mol. The van der Waals surface area contributed by atoms with Gasteiger partial charge in [0.15, 0.2) is 0 Å². The summed E-state index contributed by atoms with van der Waals surface area (Å²) in [5.74, 6) is 0. The third-order valence-electron chi connectivity index (χ3n) is 13.1. The molecule has 12 rings (SSSR count). The topological polar surface area (TPSA) is 49.9 Å². The number of rotatable bonds is 8. The van der Waals surface area contributed by atoms with E-state index in [0.29, 0.717) is 0 Å². The Bertz CT molecular complexity index is 3800. The highest BCUT2D eigenvalue weighted by Gasteiger charge is 2.24. The molecule has 4 heteroatoms. The molecule has 0 fully saturated rings. The Balaban J connectivity index is 1.07. The maximum Gasteiger partial charge on any atom is 0.229 e. The summed E-state index contributed by atoms with van der Waals surface area (Å²) in [5, 5.41) is 9.64. The van der Waals surface area contributed by atoms with Crippen molar-refractivity contribution in [2.24, 2.45) is 5.73 Å². The molecule has 2 heterocycles. The SMILES string of the molecule is C/C(=C\c1ccccc1)C(=[NH+]C(N)c1ccccc1-c1ccccc1)c1cccc2c(-n3c4ccccc4c4cc5c(-n6c7ccccc7c7ccccc76)cccc5cc43)cccc12. The van der Waals surface area contributed by atoms with E-state index < -0.39 is 6.17 Å². The zero-order valence-electron chi connectivity index (χ0n) is 36.0. The van der Waals surface area contributed by atoms with E-state index in [4.69, 9.17) is 5.73 Å². The van der Waals surface area contributed by atoms with Crippen molar-refractivity contribution in [3.8, 4) is 22.5 Å². The predicted octanol–water partition coefficient (Wildman–Crippen LogP) is 13.5. The van der Waals surface area contributed by atoms with Gasteiger partial charge in [0.25, 0.3) is 0 Å². The van der Waals surface area contributed by atoms with Crippen molar-refractivity contribution in [1.82, 2.24) is 9.13 Å². The maximum absolute atomic E-state index is 7.25. The lowest BCUT2D eigenvalue weighted by molar-refractivity contribution is -0.507.